The van der Waals surface area contributed by atoms with Crippen molar-refractivity contribution < 1.29 is 13.2 Å². The first-order valence-corrected chi connectivity index (χ1v) is 9.62. The SMILES string of the molecule is CCCN(C)C(=O)c1ccc(N(C)S(=O)(=O)c2ccc(C)cc2)cc1. The van der Waals surface area contributed by atoms with Crippen LogP contribution in [0.1, 0.15) is 29.3 Å². The Labute approximate surface area is 149 Å². The van der Waals surface area contributed by atoms with E-state index in [1.165, 1.54) is 11.4 Å². The summed E-state index contributed by atoms with van der Waals surface area (Å²) >= 11 is 0. The Hall–Kier alpha value is -2.34. The van der Waals surface area contributed by atoms with Crippen LogP contribution < -0.4 is 4.31 Å². The molecule has 2 aromatic carbocycles. The van der Waals surface area contributed by atoms with Crippen LogP contribution in [0.15, 0.2) is 53.4 Å². The van der Waals surface area contributed by atoms with E-state index >= 15 is 0 Å². The quantitative estimate of drug-likeness (QED) is 0.794. The maximum atomic E-state index is 12.7. The average molecular weight is 360 g/mol. The second kappa shape index (κ2) is 7.70. The highest BCUT2D eigenvalue weighted by Crippen LogP contribution is 2.23. The molecule has 0 saturated carbocycles. The number of carbonyl (C=O) groups excluding carboxylic acids is 1. The molecule has 0 spiro atoms. The number of aryl methyl sites for hydroxylation is 1. The van der Waals surface area contributed by atoms with Crippen molar-refractivity contribution >= 4 is 21.6 Å². The van der Waals surface area contributed by atoms with Crippen LogP contribution in [0.4, 0.5) is 5.69 Å². The molecule has 0 bridgehead atoms. The zero-order chi connectivity index (χ0) is 18.6. The summed E-state index contributed by atoms with van der Waals surface area (Å²) in [4.78, 5) is 14.2. The number of amides is 1. The zero-order valence-corrected chi connectivity index (χ0v) is 15.9. The molecule has 0 atom stereocenters. The minimum absolute atomic E-state index is 0.0718. The molecule has 0 unspecified atom stereocenters. The number of carbonyl (C=O) groups is 1. The summed E-state index contributed by atoms with van der Waals surface area (Å²) in [6, 6.07) is 13.4. The molecular formula is C19H24N2O3S. The summed E-state index contributed by atoms with van der Waals surface area (Å²) in [5.74, 6) is -0.0718. The van der Waals surface area contributed by atoms with Gasteiger partial charge in [-0.25, -0.2) is 8.42 Å². The molecule has 6 heteroatoms. The fraction of sp³-hybridized carbons (Fsp3) is 0.316. The van der Waals surface area contributed by atoms with E-state index < -0.39 is 10.0 Å². The number of hydrogen-bond acceptors (Lipinski definition) is 3. The summed E-state index contributed by atoms with van der Waals surface area (Å²) < 4.78 is 26.6. The highest BCUT2D eigenvalue weighted by Gasteiger charge is 2.21. The third-order valence-corrected chi connectivity index (χ3v) is 5.86. The van der Waals surface area contributed by atoms with Crippen LogP contribution >= 0.6 is 0 Å². The summed E-state index contributed by atoms with van der Waals surface area (Å²) in [6.45, 7) is 4.60. The first-order chi connectivity index (χ1) is 11.8. The molecule has 5 nitrogen and oxygen atoms in total. The van der Waals surface area contributed by atoms with Gasteiger partial charge >= 0.3 is 0 Å². The Morgan fingerprint density at radius 3 is 2.04 bits per heavy atom. The van der Waals surface area contributed by atoms with E-state index in [9.17, 15) is 13.2 Å². The third kappa shape index (κ3) is 4.20. The molecule has 0 aromatic heterocycles. The maximum absolute atomic E-state index is 12.7. The molecule has 0 aliphatic heterocycles. The van der Waals surface area contributed by atoms with Crippen molar-refractivity contribution in [3.05, 3.63) is 59.7 Å². The van der Waals surface area contributed by atoms with Crippen molar-refractivity contribution in [1.29, 1.82) is 0 Å². The van der Waals surface area contributed by atoms with Gasteiger partial charge in [0.1, 0.15) is 0 Å². The van der Waals surface area contributed by atoms with Gasteiger partial charge < -0.3 is 4.90 Å². The lowest BCUT2D eigenvalue weighted by molar-refractivity contribution is 0.0795. The lowest BCUT2D eigenvalue weighted by Gasteiger charge is -2.20. The normalized spacial score (nSPS) is 11.2. The van der Waals surface area contributed by atoms with Crippen molar-refractivity contribution in [1.82, 2.24) is 4.90 Å². The largest absolute Gasteiger partial charge is 0.342 e. The summed E-state index contributed by atoms with van der Waals surface area (Å²) in [5.41, 5.74) is 2.05. The molecule has 0 aliphatic rings. The summed E-state index contributed by atoms with van der Waals surface area (Å²) in [5, 5.41) is 0. The van der Waals surface area contributed by atoms with Gasteiger partial charge in [0.2, 0.25) is 0 Å². The number of anilines is 1. The molecule has 0 fully saturated rings. The van der Waals surface area contributed by atoms with Crippen LogP contribution in [-0.4, -0.2) is 39.9 Å². The van der Waals surface area contributed by atoms with Gasteiger partial charge in [-0.3, -0.25) is 9.10 Å². The van der Waals surface area contributed by atoms with Gasteiger partial charge in [0.25, 0.3) is 15.9 Å². The lowest BCUT2D eigenvalue weighted by atomic mass is 10.2. The highest BCUT2D eigenvalue weighted by atomic mass is 32.2. The fourth-order valence-electron chi connectivity index (χ4n) is 2.48. The van der Waals surface area contributed by atoms with Gasteiger partial charge in [-0.15, -0.1) is 0 Å². The summed E-state index contributed by atoms with van der Waals surface area (Å²) in [7, 11) is -0.362. The van der Waals surface area contributed by atoms with Crippen molar-refractivity contribution in [3.8, 4) is 0 Å². The molecule has 0 radical (unpaired) electrons. The van der Waals surface area contributed by atoms with Gasteiger partial charge in [0.15, 0.2) is 0 Å². The minimum Gasteiger partial charge on any atom is -0.342 e. The topological polar surface area (TPSA) is 57.7 Å². The van der Waals surface area contributed by atoms with Gasteiger partial charge in [-0.05, 0) is 49.7 Å². The van der Waals surface area contributed by atoms with Gasteiger partial charge in [0.05, 0.1) is 10.6 Å². The zero-order valence-electron chi connectivity index (χ0n) is 15.1. The standard InChI is InChI=1S/C19H24N2O3S/c1-5-14-20(3)19(22)16-8-10-17(11-9-16)21(4)25(23,24)18-12-6-15(2)7-13-18/h6-13H,5,14H2,1-4H3. The number of nitrogens with zero attached hydrogens (tertiary/aromatic N) is 2. The third-order valence-electron chi connectivity index (χ3n) is 4.06. The van der Waals surface area contributed by atoms with Crippen LogP contribution in [0, 0.1) is 6.92 Å². The van der Waals surface area contributed by atoms with Crippen LogP contribution in [-0.2, 0) is 10.0 Å². The summed E-state index contributed by atoms with van der Waals surface area (Å²) in [6.07, 6.45) is 0.887. The number of rotatable bonds is 6. The molecule has 2 aromatic rings. The van der Waals surface area contributed by atoms with Crippen LogP contribution in [0.2, 0.25) is 0 Å². The van der Waals surface area contributed by atoms with Crippen LogP contribution in [0.25, 0.3) is 0 Å². The van der Waals surface area contributed by atoms with Crippen LogP contribution in [0.5, 0.6) is 0 Å². The van der Waals surface area contributed by atoms with Crippen molar-refractivity contribution in [2.75, 3.05) is 24.9 Å². The van der Waals surface area contributed by atoms with Crippen molar-refractivity contribution in [2.45, 2.75) is 25.2 Å². The predicted octanol–water partition coefficient (Wildman–Crippen LogP) is 3.30. The maximum Gasteiger partial charge on any atom is 0.264 e. The Morgan fingerprint density at radius 2 is 1.52 bits per heavy atom. The molecule has 0 heterocycles. The molecule has 0 aliphatic carbocycles. The van der Waals surface area contributed by atoms with Gasteiger partial charge in [0, 0.05) is 26.2 Å². The van der Waals surface area contributed by atoms with E-state index in [-0.39, 0.29) is 10.8 Å². The Bertz CT molecular complexity index is 828. The second-order valence-electron chi connectivity index (χ2n) is 6.06. The first kappa shape index (κ1) is 19.0. The lowest BCUT2D eigenvalue weighted by Crippen LogP contribution is -2.28. The van der Waals surface area contributed by atoms with E-state index in [2.05, 4.69) is 0 Å². The smallest absolute Gasteiger partial charge is 0.264 e. The minimum atomic E-state index is -3.63. The van der Waals surface area contributed by atoms with Gasteiger partial charge in [-0.1, -0.05) is 24.6 Å². The predicted molar refractivity (Wildman–Crippen MR) is 100 cm³/mol. The fourth-order valence-corrected chi connectivity index (χ4v) is 3.67. The van der Waals surface area contributed by atoms with Crippen LogP contribution in [0.3, 0.4) is 0 Å². The molecule has 1 amide bonds. The Kier molecular flexibility index (Phi) is 5.85. The average Bonchev–Trinajstić information content (AvgIpc) is 2.61. The van der Waals surface area contributed by atoms with E-state index in [0.717, 1.165) is 12.0 Å². The number of benzene rings is 2. The molecular weight excluding hydrogens is 336 g/mol. The van der Waals surface area contributed by atoms with E-state index in [1.54, 1.807) is 60.5 Å². The second-order valence-corrected chi connectivity index (χ2v) is 8.03. The van der Waals surface area contributed by atoms with E-state index in [1.807, 2.05) is 13.8 Å². The Balaban J connectivity index is 2.24. The molecule has 134 valence electrons. The van der Waals surface area contributed by atoms with Crippen molar-refractivity contribution in [3.63, 3.8) is 0 Å². The van der Waals surface area contributed by atoms with E-state index in [4.69, 9.17) is 0 Å². The molecule has 25 heavy (non-hydrogen) atoms. The monoisotopic (exact) mass is 360 g/mol. The number of hydrogen-bond donors (Lipinski definition) is 0. The number of sulfonamides is 1. The van der Waals surface area contributed by atoms with Crippen molar-refractivity contribution in [2.24, 2.45) is 0 Å². The molecule has 0 saturated heterocycles. The molecule has 2 rings (SSSR count). The van der Waals surface area contributed by atoms with E-state index in [0.29, 0.717) is 17.8 Å². The highest BCUT2D eigenvalue weighted by molar-refractivity contribution is 7.92. The molecule has 0 N–H and O–H groups in total. The van der Waals surface area contributed by atoms with Gasteiger partial charge in [-0.2, -0.15) is 0 Å². The first-order valence-electron chi connectivity index (χ1n) is 8.18. The Morgan fingerprint density at radius 1 is 0.960 bits per heavy atom.